The third-order valence-electron chi connectivity index (χ3n) is 2.41. The smallest absolute Gasteiger partial charge is 0.130 e. The van der Waals surface area contributed by atoms with Gasteiger partial charge in [0.05, 0.1) is 5.41 Å². The third-order valence-corrected chi connectivity index (χ3v) is 3.27. The van der Waals surface area contributed by atoms with Crippen LogP contribution < -0.4 is 0 Å². The molecule has 0 bridgehead atoms. The lowest BCUT2D eigenvalue weighted by molar-refractivity contribution is -0.109. The van der Waals surface area contributed by atoms with Crippen LogP contribution in [-0.4, -0.2) is 6.29 Å². The number of carbonyl (C=O) groups excluding carboxylic acids is 1. The minimum Gasteiger partial charge on any atom is -0.302 e. The number of aryl methyl sites for hydroxylation is 1. The SMILES string of the molecule is Cc1cscc1C1(C=O)CC1. The van der Waals surface area contributed by atoms with E-state index in [1.165, 1.54) is 11.1 Å². The van der Waals surface area contributed by atoms with Gasteiger partial charge in [-0.1, -0.05) is 0 Å². The van der Waals surface area contributed by atoms with E-state index in [0.29, 0.717) is 0 Å². The van der Waals surface area contributed by atoms with E-state index in [-0.39, 0.29) is 5.41 Å². The fourth-order valence-corrected chi connectivity index (χ4v) is 2.41. The molecule has 1 aliphatic rings. The highest BCUT2D eigenvalue weighted by molar-refractivity contribution is 7.08. The van der Waals surface area contributed by atoms with E-state index in [9.17, 15) is 4.79 Å². The average Bonchev–Trinajstić information content (AvgIpc) is 2.70. The van der Waals surface area contributed by atoms with Crippen molar-refractivity contribution in [2.75, 3.05) is 0 Å². The molecule has 0 spiro atoms. The maximum Gasteiger partial charge on any atom is 0.130 e. The van der Waals surface area contributed by atoms with Crippen molar-refractivity contribution in [3.63, 3.8) is 0 Å². The van der Waals surface area contributed by atoms with Gasteiger partial charge in [-0.3, -0.25) is 0 Å². The van der Waals surface area contributed by atoms with Crippen molar-refractivity contribution in [2.45, 2.75) is 25.2 Å². The Balaban J connectivity index is 2.43. The highest BCUT2D eigenvalue weighted by Gasteiger charge is 2.45. The van der Waals surface area contributed by atoms with Crippen molar-refractivity contribution in [1.29, 1.82) is 0 Å². The van der Waals surface area contributed by atoms with Gasteiger partial charge in [-0.2, -0.15) is 11.3 Å². The molecule has 1 fully saturated rings. The topological polar surface area (TPSA) is 17.1 Å². The summed E-state index contributed by atoms with van der Waals surface area (Å²) in [5, 5.41) is 4.22. The molecule has 2 heteroatoms. The van der Waals surface area contributed by atoms with Gasteiger partial charge in [0.15, 0.2) is 0 Å². The van der Waals surface area contributed by atoms with Crippen molar-refractivity contribution >= 4 is 17.6 Å². The highest BCUT2D eigenvalue weighted by atomic mass is 32.1. The molecule has 1 heterocycles. The number of thiophene rings is 1. The molecule has 1 nitrogen and oxygen atoms in total. The van der Waals surface area contributed by atoms with Crippen LogP contribution >= 0.6 is 11.3 Å². The minimum absolute atomic E-state index is 0.0654. The minimum atomic E-state index is -0.0654. The first-order valence-corrected chi connectivity index (χ1v) is 4.72. The second kappa shape index (κ2) is 2.18. The van der Waals surface area contributed by atoms with Crippen LogP contribution in [0.3, 0.4) is 0 Å². The highest BCUT2D eigenvalue weighted by Crippen LogP contribution is 2.48. The van der Waals surface area contributed by atoms with Crippen LogP contribution in [0.2, 0.25) is 0 Å². The van der Waals surface area contributed by atoms with E-state index in [1.807, 2.05) is 0 Å². The Kier molecular flexibility index (Phi) is 1.39. The van der Waals surface area contributed by atoms with E-state index in [0.717, 1.165) is 19.1 Å². The number of hydrogen-bond acceptors (Lipinski definition) is 2. The van der Waals surface area contributed by atoms with Gasteiger partial charge < -0.3 is 4.79 Å². The van der Waals surface area contributed by atoms with Crippen LogP contribution in [0.1, 0.15) is 24.0 Å². The maximum absolute atomic E-state index is 10.7. The molecule has 0 radical (unpaired) electrons. The normalized spacial score (nSPS) is 19.7. The van der Waals surface area contributed by atoms with E-state index < -0.39 is 0 Å². The molecule has 0 unspecified atom stereocenters. The fraction of sp³-hybridized carbons (Fsp3) is 0.444. The summed E-state index contributed by atoms with van der Waals surface area (Å²) in [6, 6.07) is 0. The van der Waals surface area contributed by atoms with Gasteiger partial charge >= 0.3 is 0 Å². The van der Waals surface area contributed by atoms with E-state index in [4.69, 9.17) is 0 Å². The lowest BCUT2D eigenvalue weighted by Crippen LogP contribution is -2.07. The molecule has 0 aliphatic heterocycles. The van der Waals surface area contributed by atoms with Crippen molar-refractivity contribution < 1.29 is 4.79 Å². The molecule has 0 amide bonds. The van der Waals surface area contributed by atoms with E-state index in [1.54, 1.807) is 11.3 Å². The number of aldehydes is 1. The molecule has 0 N–H and O–H groups in total. The van der Waals surface area contributed by atoms with Gasteiger partial charge in [-0.05, 0) is 41.7 Å². The second-order valence-corrected chi connectivity index (χ2v) is 3.99. The first kappa shape index (κ1) is 7.04. The zero-order valence-corrected chi connectivity index (χ0v) is 7.28. The molecule has 1 aromatic heterocycles. The molecule has 1 saturated carbocycles. The molecule has 11 heavy (non-hydrogen) atoms. The molecular weight excluding hydrogens is 156 g/mol. The summed E-state index contributed by atoms with van der Waals surface area (Å²) < 4.78 is 0. The quantitative estimate of drug-likeness (QED) is 0.616. The van der Waals surface area contributed by atoms with Crippen molar-refractivity contribution in [1.82, 2.24) is 0 Å². The average molecular weight is 166 g/mol. The number of hydrogen-bond donors (Lipinski definition) is 0. The van der Waals surface area contributed by atoms with E-state index in [2.05, 4.69) is 17.7 Å². The summed E-state index contributed by atoms with van der Waals surface area (Å²) in [6.45, 7) is 2.08. The first-order valence-electron chi connectivity index (χ1n) is 3.78. The standard InChI is InChI=1S/C9H10OS/c1-7-4-11-5-8(7)9(6-10)2-3-9/h4-6H,2-3H2,1H3. The van der Waals surface area contributed by atoms with Gasteiger partial charge in [0.25, 0.3) is 0 Å². The van der Waals surface area contributed by atoms with Crippen molar-refractivity contribution in [3.05, 3.63) is 21.9 Å². The summed E-state index contributed by atoms with van der Waals surface area (Å²) in [5.41, 5.74) is 2.47. The molecule has 1 aliphatic carbocycles. The molecule has 0 atom stereocenters. The van der Waals surface area contributed by atoms with Crippen molar-refractivity contribution in [2.24, 2.45) is 0 Å². The van der Waals surface area contributed by atoms with Gasteiger partial charge in [0.1, 0.15) is 6.29 Å². The summed E-state index contributed by atoms with van der Waals surface area (Å²) in [5.74, 6) is 0. The van der Waals surface area contributed by atoms with Crippen LogP contribution in [0.4, 0.5) is 0 Å². The Labute approximate surface area is 70.1 Å². The molecule has 0 aromatic carbocycles. The lowest BCUT2D eigenvalue weighted by atomic mass is 9.98. The predicted molar refractivity (Wildman–Crippen MR) is 46.0 cm³/mol. The summed E-state index contributed by atoms with van der Waals surface area (Å²) >= 11 is 1.69. The monoisotopic (exact) mass is 166 g/mol. The van der Waals surface area contributed by atoms with Crippen LogP contribution in [0.15, 0.2) is 10.8 Å². The first-order chi connectivity index (χ1) is 5.28. The fourth-order valence-electron chi connectivity index (χ4n) is 1.46. The summed E-state index contributed by atoms with van der Waals surface area (Å²) in [4.78, 5) is 10.7. The Hall–Kier alpha value is -0.630. The van der Waals surface area contributed by atoms with E-state index >= 15 is 0 Å². The van der Waals surface area contributed by atoms with Crippen LogP contribution in [-0.2, 0) is 10.2 Å². The zero-order valence-electron chi connectivity index (χ0n) is 6.46. The lowest BCUT2D eigenvalue weighted by Gasteiger charge is -2.04. The molecule has 58 valence electrons. The molecule has 2 rings (SSSR count). The van der Waals surface area contributed by atoms with Crippen molar-refractivity contribution in [3.8, 4) is 0 Å². The molecule has 1 aromatic rings. The predicted octanol–water partition coefficient (Wildman–Crippen LogP) is 2.29. The Morgan fingerprint density at radius 3 is 2.64 bits per heavy atom. The van der Waals surface area contributed by atoms with Crippen LogP contribution in [0, 0.1) is 6.92 Å². The Morgan fingerprint density at radius 2 is 2.27 bits per heavy atom. The second-order valence-electron chi connectivity index (χ2n) is 3.24. The summed E-state index contributed by atoms with van der Waals surface area (Å²) in [7, 11) is 0. The maximum atomic E-state index is 10.7. The van der Waals surface area contributed by atoms with Gasteiger partial charge in [-0.25, -0.2) is 0 Å². The largest absolute Gasteiger partial charge is 0.302 e. The molecule has 0 saturated heterocycles. The number of rotatable bonds is 2. The number of carbonyl (C=O) groups is 1. The van der Waals surface area contributed by atoms with Gasteiger partial charge in [0, 0.05) is 0 Å². The van der Waals surface area contributed by atoms with Crippen LogP contribution in [0.5, 0.6) is 0 Å². The van der Waals surface area contributed by atoms with Crippen LogP contribution in [0.25, 0.3) is 0 Å². The van der Waals surface area contributed by atoms with Gasteiger partial charge in [-0.15, -0.1) is 0 Å². The third kappa shape index (κ3) is 0.932. The Bertz CT molecular complexity index is 284. The molecular formula is C9H10OS. The summed E-state index contributed by atoms with van der Waals surface area (Å²) in [6.07, 6.45) is 3.21. The Morgan fingerprint density at radius 1 is 1.55 bits per heavy atom. The van der Waals surface area contributed by atoms with Gasteiger partial charge in [0.2, 0.25) is 0 Å². The zero-order chi connectivity index (χ0) is 7.90.